The summed E-state index contributed by atoms with van der Waals surface area (Å²) in [5.74, 6) is -0.192. The Morgan fingerprint density at radius 3 is 2.60 bits per heavy atom. The van der Waals surface area contributed by atoms with Crippen LogP contribution in [0, 0.1) is 0 Å². The van der Waals surface area contributed by atoms with Crippen LogP contribution in [0.5, 0.6) is 0 Å². The zero-order valence-corrected chi connectivity index (χ0v) is 13.0. The lowest BCUT2D eigenvalue weighted by Gasteiger charge is -2.13. The monoisotopic (exact) mass is 318 g/mol. The van der Waals surface area contributed by atoms with Crippen molar-refractivity contribution in [3.63, 3.8) is 0 Å². The van der Waals surface area contributed by atoms with Gasteiger partial charge in [-0.15, -0.1) is 0 Å². The first kappa shape index (κ1) is 16.8. The molecule has 0 atom stereocenters. The fraction of sp³-hybridized carbons (Fsp3) is 0.308. The number of hydrogen-bond acceptors (Lipinski definition) is 4. The normalized spacial score (nSPS) is 11.3. The Hall–Kier alpha value is -1.27. The Morgan fingerprint density at radius 1 is 1.35 bits per heavy atom. The molecule has 0 aromatic heterocycles. The van der Waals surface area contributed by atoms with E-state index >= 15 is 0 Å². The van der Waals surface area contributed by atoms with E-state index in [0.717, 1.165) is 10.6 Å². The number of hydroxylamine groups is 3. The molecule has 1 aromatic carbocycles. The first-order valence-electron chi connectivity index (χ1n) is 5.74. The van der Waals surface area contributed by atoms with Crippen molar-refractivity contribution in [3.05, 3.63) is 39.9 Å². The van der Waals surface area contributed by atoms with Crippen LogP contribution < -0.4 is 5.48 Å². The smallest absolute Gasteiger partial charge is 0.249 e. The molecule has 5 nitrogen and oxygen atoms in total. The predicted octanol–water partition coefficient (Wildman–Crippen LogP) is 2.90. The third-order valence-electron chi connectivity index (χ3n) is 2.55. The minimum atomic E-state index is -0.192. The summed E-state index contributed by atoms with van der Waals surface area (Å²) in [5, 5.41) is 2.03. The summed E-state index contributed by atoms with van der Waals surface area (Å²) in [6.45, 7) is 0. The summed E-state index contributed by atoms with van der Waals surface area (Å²) in [6.07, 6.45) is 1.83. The largest absolute Gasteiger partial charge is 0.279 e. The average molecular weight is 319 g/mol. The number of carbonyl (C=O) groups is 1. The van der Waals surface area contributed by atoms with Gasteiger partial charge in [-0.3, -0.25) is 19.9 Å². The van der Waals surface area contributed by atoms with E-state index < -0.39 is 0 Å². The SMILES string of the molecule is CON/C(=C\CC(=O)N(C)OC)c1ccc(Cl)c(Cl)c1. The van der Waals surface area contributed by atoms with Gasteiger partial charge in [0.25, 0.3) is 0 Å². The first-order chi connectivity index (χ1) is 9.49. The number of halogens is 2. The van der Waals surface area contributed by atoms with Crippen LogP contribution in [0.25, 0.3) is 5.70 Å². The van der Waals surface area contributed by atoms with E-state index in [1.165, 1.54) is 14.2 Å². The molecule has 0 saturated carbocycles. The van der Waals surface area contributed by atoms with Crippen molar-refractivity contribution in [1.29, 1.82) is 0 Å². The van der Waals surface area contributed by atoms with E-state index in [-0.39, 0.29) is 12.3 Å². The van der Waals surface area contributed by atoms with Crippen LogP contribution in [0.1, 0.15) is 12.0 Å². The third-order valence-corrected chi connectivity index (χ3v) is 3.29. The van der Waals surface area contributed by atoms with Crippen molar-refractivity contribution in [2.75, 3.05) is 21.3 Å². The van der Waals surface area contributed by atoms with E-state index in [2.05, 4.69) is 5.48 Å². The number of nitrogens with one attached hydrogen (secondary N) is 1. The Kier molecular flexibility index (Phi) is 6.81. The van der Waals surface area contributed by atoms with Crippen LogP contribution >= 0.6 is 23.2 Å². The molecule has 0 aliphatic carbocycles. The summed E-state index contributed by atoms with van der Waals surface area (Å²) in [4.78, 5) is 21.4. The van der Waals surface area contributed by atoms with E-state index in [4.69, 9.17) is 32.9 Å². The van der Waals surface area contributed by atoms with Gasteiger partial charge in [0, 0.05) is 19.0 Å². The standard InChI is InChI=1S/C13H16Cl2N2O3/c1-17(20-3)13(18)7-6-12(16-19-2)9-4-5-10(14)11(15)8-9/h4-6,8,16H,7H2,1-3H3/b12-6-. The maximum absolute atomic E-state index is 11.7. The van der Waals surface area contributed by atoms with E-state index in [0.29, 0.717) is 15.7 Å². The maximum atomic E-state index is 11.7. The molecule has 0 aliphatic rings. The van der Waals surface area contributed by atoms with Crippen LogP contribution in [0.3, 0.4) is 0 Å². The molecule has 0 bridgehead atoms. The van der Waals surface area contributed by atoms with Crippen molar-refractivity contribution >= 4 is 34.8 Å². The van der Waals surface area contributed by atoms with Crippen molar-refractivity contribution in [2.45, 2.75) is 6.42 Å². The molecular formula is C13H16Cl2N2O3. The Bertz CT molecular complexity index is 506. The van der Waals surface area contributed by atoms with E-state index in [1.807, 2.05) is 0 Å². The molecule has 1 N–H and O–H groups in total. The number of amides is 1. The van der Waals surface area contributed by atoms with Gasteiger partial charge in [0.1, 0.15) is 0 Å². The van der Waals surface area contributed by atoms with Crippen molar-refractivity contribution in [2.24, 2.45) is 0 Å². The Balaban J connectivity index is 2.92. The molecule has 20 heavy (non-hydrogen) atoms. The maximum Gasteiger partial charge on any atom is 0.249 e. The lowest BCUT2D eigenvalue weighted by molar-refractivity contribution is -0.167. The average Bonchev–Trinajstić information content (AvgIpc) is 2.45. The highest BCUT2D eigenvalue weighted by atomic mass is 35.5. The summed E-state index contributed by atoms with van der Waals surface area (Å²) in [7, 11) is 4.45. The second kappa shape index (κ2) is 8.11. The van der Waals surface area contributed by atoms with Gasteiger partial charge in [-0.05, 0) is 18.2 Å². The molecule has 0 fully saturated rings. The summed E-state index contributed by atoms with van der Waals surface area (Å²) in [6, 6.07) is 5.14. The molecule has 110 valence electrons. The molecule has 1 amide bonds. The highest BCUT2D eigenvalue weighted by Gasteiger charge is 2.09. The molecule has 0 heterocycles. The van der Waals surface area contributed by atoms with Crippen LogP contribution in [-0.2, 0) is 14.5 Å². The fourth-order valence-corrected chi connectivity index (χ4v) is 1.71. The topological polar surface area (TPSA) is 50.8 Å². The predicted molar refractivity (Wildman–Crippen MR) is 79.0 cm³/mol. The van der Waals surface area contributed by atoms with E-state index in [1.54, 1.807) is 31.3 Å². The minimum absolute atomic E-state index is 0.149. The number of nitrogens with zero attached hydrogens (tertiary/aromatic N) is 1. The van der Waals surface area contributed by atoms with Gasteiger partial charge >= 0.3 is 0 Å². The van der Waals surface area contributed by atoms with Crippen LogP contribution in [0.4, 0.5) is 0 Å². The van der Waals surface area contributed by atoms with Crippen molar-refractivity contribution < 1.29 is 14.5 Å². The molecule has 0 aliphatic heterocycles. The highest BCUT2D eigenvalue weighted by Crippen LogP contribution is 2.25. The third kappa shape index (κ3) is 4.68. The molecular weight excluding hydrogens is 303 g/mol. The number of carbonyl (C=O) groups excluding carboxylic acids is 1. The quantitative estimate of drug-likeness (QED) is 0.819. The second-order valence-electron chi connectivity index (χ2n) is 3.83. The fourth-order valence-electron chi connectivity index (χ4n) is 1.41. The molecule has 0 radical (unpaired) electrons. The van der Waals surface area contributed by atoms with Gasteiger partial charge in [0.2, 0.25) is 5.91 Å². The summed E-state index contributed by atoms with van der Waals surface area (Å²) in [5.41, 5.74) is 4.08. The van der Waals surface area contributed by atoms with Gasteiger partial charge in [0.05, 0.1) is 30.0 Å². The van der Waals surface area contributed by atoms with Gasteiger partial charge < -0.3 is 0 Å². The van der Waals surface area contributed by atoms with Crippen LogP contribution in [0.2, 0.25) is 10.0 Å². The van der Waals surface area contributed by atoms with Crippen molar-refractivity contribution in [3.8, 4) is 0 Å². The number of hydrogen-bond donors (Lipinski definition) is 1. The molecule has 0 saturated heterocycles. The molecule has 1 rings (SSSR count). The second-order valence-corrected chi connectivity index (χ2v) is 4.65. The zero-order chi connectivity index (χ0) is 15.1. The zero-order valence-electron chi connectivity index (χ0n) is 11.4. The summed E-state index contributed by atoms with van der Waals surface area (Å²) >= 11 is 11.8. The molecule has 7 heteroatoms. The number of benzene rings is 1. The Morgan fingerprint density at radius 2 is 2.05 bits per heavy atom. The van der Waals surface area contributed by atoms with Gasteiger partial charge in [-0.1, -0.05) is 29.3 Å². The molecule has 1 aromatic rings. The van der Waals surface area contributed by atoms with Crippen molar-refractivity contribution in [1.82, 2.24) is 10.5 Å². The Labute approximate surface area is 128 Å². The van der Waals surface area contributed by atoms with Gasteiger partial charge in [-0.2, -0.15) is 0 Å². The van der Waals surface area contributed by atoms with Crippen LogP contribution in [0.15, 0.2) is 24.3 Å². The first-order valence-corrected chi connectivity index (χ1v) is 6.50. The van der Waals surface area contributed by atoms with Crippen LogP contribution in [-0.4, -0.2) is 32.2 Å². The van der Waals surface area contributed by atoms with Gasteiger partial charge in [0.15, 0.2) is 0 Å². The lowest BCUT2D eigenvalue weighted by atomic mass is 10.1. The van der Waals surface area contributed by atoms with E-state index in [9.17, 15) is 4.79 Å². The lowest BCUT2D eigenvalue weighted by Crippen LogP contribution is -2.24. The minimum Gasteiger partial charge on any atom is -0.279 e. The molecule has 0 unspecified atom stereocenters. The molecule has 0 spiro atoms. The highest BCUT2D eigenvalue weighted by molar-refractivity contribution is 6.42. The van der Waals surface area contributed by atoms with Gasteiger partial charge in [-0.25, -0.2) is 5.06 Å². The summed E-state index contributed by atoms with van der Waals surface area (Å²) < 4.78 is 0. The number of rotatable bonds is 6.